The summed E-state index contributed by atoms with van der Waals surface area (Å²) >= 11 is 0. The number of nitrogens with one attached hydrogen (secondary N) is 1. The Morgan fingerprint density at radius 1 is 0.613 bits per heavy atom. The van der Waals surface area contributed by atoms with E-state index in [-0.39, 0.29) is 36.5 Å². The molecule has 0 bridgehead atoms. The van der Waals surface area contributed by atoms with Gasteiger partial charge in [-0.2, -0.15) is 13.2 Å². The van der Waals surface area contributed by atoms with Crippen LogP contribution in [0.15, 0.2) is 97.1 Å². The number of anilines is 2. The summed E-state index contributed by atoms with van der Waals surface area (Å²) in [6.45, 7) is 2.78. The minimum absolute atomic E-state index is 0.00457. The Bertz CT molecular complexity index is 2140. The quantitative estimate of drug-likeness (QED) is 0.130. The second-order valence-corrected chi connectivity index (χ2v) is 14.9. The fraction of sp³-hybridized carbons (Fsp3) is 0.370. The number of nitrogens with zero attached hydrogens (tertiary/aromatic N) is 4. The maximum Gasteiger partial charge on any atom is 0.471 e. The van der Waals surface area contributed by atoms with Gasteiger partial charge in [-0.25, -0.2) is 9.59 Å². The van der Waals surface area contributed by atoms with E-state index in [1.807, 2.05) is 52.3 Å². The van der Waals surface area contributed by atoms with Crippen LogP contribution < -0.4 is 30.3 Å². The molecule has 0 unspecified atom stereocenters. The number of Topliss-reactive ketones (excluding diaryl/α,β-unsaturated/α-hetero) is 2. The fourth-order valence-electron chi connectivity index (χ4n) is 7.05. The number of ketones is 2. The number of hydrogen-bond donors (Lipinski definition) is 2. The highest BCUT2D eigenvalue weighted by Gasteiger charge is 2.38. The summed E-state index contributed by atoms with van der Waals surface area (Å²) in [6.07, 6.45) is 1.16. The van der Waals surface area contributed by atoms with Crippen LogP contribution in [0.4, 0.5) is 34.1 Å². The molecule has 2 fully saturated rings. The van der Waals surface area contributed by atoms with E-state index in [0.717, 1.165) is 62.0 Å². The molecule has 0 aromatic heterocycles. The number of halogens is 3. The summed E-state index contributed by atoms with van der Waals surface area (Å²) in [5.74, 6) is -1.60. The number of nitrogens with two attached hydrogens (primary N) is 1. The van der Waals surface area contributed by atoms with Gasteiger partial charge in [0.25, 0.3) is 0 Å². The summed E-state index contributed by atoms with van der Waals surface area (Å²) < 4.78 is 47.5. The highest BCUT2D eigenvalue weighted by molar-refractivity contribution is 6.00. The van der Waals surface area contributed by atoms with E-state index >= 15 is 0 Å². The smallest absolute Gasteiger partial charge is 0.471 e. The van der Waals surface area contributed by atoms with Crippen molar-refractivity contribution in [2.45, 2.75) is 57.8 Å². The summed E-state index contributed by atoms with van der Waals surface area (Å²) in [5.41, 5.74) is 9.29. The number of carbonyl (C=O) groups excluding carboxylic acids is 5. The number of urea groups is 2. The average Bonchev–Trinajstić information content (AvgIpc) is 3.31. The lowest BCUT2D eigenvalue weighted by Gasteiger charge is -2.33. The first kappa shape index (κ1) is 46.6. The number of piperidine rings is 2. The van der Waals surface area contributed by atoms with Crippen LogP contribution in [-0.2, 0) is 17.9 Å². The first-order valence-corrected chi connectivity index (χ1v) is 20.5. The number of amides is 5. The Morgan fingerprint density at radius 2 is 1.02 bits per heavy atom. The molecule has 16 heteroatoms. The molecule has 4 aromatic carbocycles. The van der Waals surface area contributed by atoms with Crippen LogP contribution >= 0.6 is 0 Å². The van der Waals surface area contributed by atoms with E-state index in [1.165, 1.54) is 18.6 Å². The van der Waals surface area contributed by atoms with Crippen molar-refractivity contribution in [3.63, 3.8) is 0 Å². The van der Waals surface area contributed by atoms with E-state index in [9.17, 15) is 37.1 Å². The van der Waals surface area contributed by atoms with E-state index < -0.39 is 24.4 Å². The van der Waals surface area contributed by atoms with Gasteiger partial charge in [-0.1, -0.05) is 60.7 Å². The molecule has 0 saturated carbocycles. The Labute approximate surface area is 359 Å². The van der Waals surface area contributed by atoms with Crippen molar-refractivity contribution in [2.24, 2.45) is 5.73 Å². The minimum Gasteiger partial charge on any atom is -0.497 e. The predicted octanol–water partition coefficient (Wildman–Crippen LogP) is 7.62. The van der Waals surface area contributed by atoms with Crippen molar-refractivity contribution in [1.82, 2.24) is 15.1 Å². The lowest BCUT2D eigenvalue weighted by atomic mass is 10.1. The molecular weight excluding hydrogens is 806 g/mol. The van der Waals surface area contributed by atoms with Crippen molar-refractivity contribution < 1.29 is 46.6 Å². The highest BCUT2D eigenvalue weighted by atomic mass is 19.4. The van der Waals surface area contributed by atoms with Crippen molar-refractivity contribution >= 4 is 40.9 Å². The minimum atomic E-state index is -5.05. The molecule has 0 radical (unpaired) electrons. The maximum absolute atomic E-state index is 13.3. The molecule has 4 aromatic rings. The van der Waals surface area contributed by atoms with Crippen LogP contribution in [-0.4, -0.2) is 99.0 Å². The zero-order chi connectivity index (χ0) is 44.6. The molecular formula is C46H53F3N6O7. The molecule has 0 aliphatic carbocycles. The number of methoxy groups -OCH3 is 2. The first-order valence-electron chi connectivity index (χ1n) is 20.5. The number of hydrogen-bond acceptors (Lipinski definition) is 8. The third kappa shape index (κ3) is 13.0. The molecule has 2 aliphatic rings. The molecule has 0 atom stereocenters. The largest absolute Gasteiger partial charge is 0.497 e. The molecule has 2 saturated heterocycles. The van der Waals surface area contributed by atoms with Gasteiger partial charge >= 0.3 is 24.1 Å². The monoisotopic (exact) mass is 858 g/mol. The summed E-state index contributed by atoms with van der Waals surface area (Å²) in [5, 5.41) is 1.57. The van der Waals surface area contributed by atoms with Crippen molar-refractivity contribution in [3.8, 4) is 11.5 Å². The number of alkyl halides is 3. The first-order chi connectivity index (χ1) is 29.8. The van der Waals surface area contributed by atoms with Crippen molar-refractivity contribution in [3.05, 3.63) is 119 Å². The molecule has 13 nitrogen and oxygen atoms in total. The van der Waals surface area contributed by atoms with Gasteiger partial charge < -0.3 is 30.3 Å². The molecule has 6 rings (SSSR count). The third-order valence-corrected chi connectivity index (χ3v) is 10.5. The normalized spacial score (nSPS) is 13.8. The topological polar surface area (TPSA) is 155 Å². The zero-order valence-corrected chi connectivity index (χ0v) is 35.0. The van der Waals surface area contributed by atoms with Crippen LogP contribution in [0.3, 0.4) is 0 Å². The Hall–Kier alpha value is -6.42. The van der Waals surface area contributed by atoms with Crippen molar-refractivity contribution in [2.75, 3.05) is 63.3 Å². The SMILES string of the molecule is COc1cccc(N(Cc2ccc(C(=O)CN)cc2)C(=O)N2CCCCC2)c1.COc1cccc(N(Cc2ccc(C(=O)CNC(=O)C(F)(F)F)cc2)C(=O)N2CCCCC2)c1. The number of ether oxygens (including phenoxy) is 2. The van der Waals surface area contributed by atoms with E-state index in [4.69, 9.17) is 15.2 Å². The zero-order valence-electron chi connectivity index (χ0n) is 35.0. The third-order valence-electron chi connectivity index (χ3n) is 10.5. The summed E-state index contributed by atoms with van der Waals surface area (Å²) in [7, 11) is 3.16. The number of likely N-dealkylation sites (tertiary alicyclic amines) is 2. The van der Waals surface area contributed by atoms with Gasteiger partial charge in [0.1, 0.15) is 11.5 Å². The molecule has 330 valence electrons. The van der Waals surface area contributed by atoms with Crippen LogP contribution in [0.2, 0.25) is 0 Å². The lowest BCUT2D eigenvalue weighted by molar-refractivity contribution is -0.173. The van der Waals surface area contributed by atoms with Gasteiger partial charge in [0, 0.05) is 60.8 Å². The highest BCUT2D eigenvalue weighted by Crippen LogP contribution is 2.27. The second-order valence-electron chi connectivity index (χ2n) is 14.9. The Balaban J connectivity index is 0.000000238. The van der Waals surface area contributed by atoms with Crippen LogP contribution in [0.1, 0.15) is 70.4 Å². The molecule has 0 spiro atoms. The van der Waals surface area contributed by atoms with Crippen LogP contribution in [0.5, 0.6) is 11.5 Å². The maximum atomic E-state index is 13.3. The number of benzene rings is 4. The van der Waals surface area contributed by atoms with Gasteiger partial charge in [-0.05, 0) is 73.9 Å². The lowest BCUT2D eigenvalue weighted by Crippen LogP contribution is -2.45. The van der Waals surface area contributed by atoms with E-state index in [1.54, 1.807) is 71.8 Å². The second kappa shape index (κ2) is 22.4. The molecule has 2 aliphatic heterocycles. The fourth-order valence-corrected chi connectivity index (χ4v) is 7.05. The predicted molar refractivity (Wildman–Crippen MR) is 230 cm³/mol. The van der Waals surface area contributed by atoms with E-state index in [0.29, 0.717) is 42.4 Å². The average molecular weight is 859 g/mol. The van der Waals surface area contributed by atoms with Gasteiger partial charge in [-0.3, -0.25) is 24.2 Å². The summed E-state index contributed by atoms with van der Waals surface area (Å²) in [4.78, 5) is 68.5. The van der Waals surface area contributed by atoms with Crippen LogP contribution in [0, 0.1) is 0 Å². The van der Waals surface area contributed by atoms with Crippen LogP contribution in [0.25, 0.3) is 0 Å². The Morgan fingerprint density at radius 3 is 1.39 bits per heavy atom. The van der Waals surface area contributed by atoms with Crippen molar-refractivity contribution in [1.29, 1.82) is 0 Å². The van der Waals surface area contributed by atoms with Gasteiger partial charge in [-0.15, -0.1) is 0 Å². The van der Waals surface area contributed by atoms with E-state index in [2.05, 4.69) is 0 Å². The summed E-state index contributed by atoms with van der Waals surface area (Å²) in [6, 6.07) is 28.0. The van der Waals surface area contributed by atoms with Gasteiger partial charge in [0.2, 0.25) is 0 Å². The molecule has 3 N–H and O–H groups in total. The number of rotatable bonds is 13. The number of carbonyl (C=O) groups is 5. The molecule has 62 heavy (non-hydrogen) atoms. The van der Waals surface area contributed by atoms with Gasteiger partial charge in [0.15, 0.2) is 11.6 Å². The Kier molecular flexibility index (Phi) is 16.9. The van der Waals surface area contributed by atoms with Gasteiger partial charge in [0.05, 0.1) is 40.4 Å². The molecule has 5 amide bonds. The standard InChI is InChI=1S/C24H26F3N3O4.C22H27N3O3/c1-34-20-7-5-6-19(14-20)30(23(33)29-12-3-2-4-13-29)16-17-8-10-18(11-9-17)21(31)15-28-22(32)24(25,26)27;1-28-20-7-5-6-19(14-20)25(22(27)24-12-3-2-4-13-24)16-17-8-10-18(11-9-17)21(26)15-23/h5-11,14H,2-4,12-13,15-16H2,1H3,(H,28,32);5-11,14H,2-4,12-13,15-16,23H2,1H3. The molecule has 2 heterocycles.